The Morgan fingerprint density at radius 3 is 3.00 bits per heavy atom. The molecule has 3 N–H and O–H groups in total. The van der Waals surface area contributed by atoms with Crippen LogP contribution in [0, 0.1) is 0 Å². The van der Waals surface area contributed by atoms with Crippen LogP contribution in [0.15, 0.2) is 12.3 Å². The smallest absolute Gasteiger partial charge is 0.270 e. The predicted molar refractivity (Wildman–Crippen MR) is 67.8 cm³/mol. The Kier molecular flexibility index (Phi) is 3.38. The number of nitrogens with zero attached hydrogens (tertiary/aromatic N) is 2. The summed E-state index contributed by atoms with van der Waals surface area (Å²) in [6, 6.07) is 2.02. The molecule has 0 radical (unpaired) electrons. The van der Waals surface area contributed by atoms with Gasteiger partial charge >= 0.3 is 0 Å². The molecule has 1 aliphatic heterocycles. The predicted octanol–water partition coefficient (Wildman–Crippen LogP) is 0.763. The molecule has 1 amide bonds. The quantitative estimate of drug-likeness (QED) is 0.814. The zero-order valence-electron chi connectivity index (χ0n) is 10.4. The van der Waals surface area contributed by atoms with Crippen molar-refractivity contribution in [2.75, 3.05) is 32.9 Å². The van der Waals surface area contributed by atoms with E-state index in [4.69, 9.17) is 5.73 Å². The fourth-order valence-corrected chi connectivity index (χ4v) is 2.40. The number of aromatic nitrogens is 1. The average molecular weight is 236 g/mol. The van der Waals surface area contributed by atoms with Crippen molar-refractivity contribution in [3.8, 4) is 0 Å². The summed E-state index contributed by atoms with van der Waals surface area (Å²) in [5, 5.41) is 0. The van der Waals surface area contributed by atoms with Gasteiger partial charge in [-0.3, -0.25) is 4.79 Å². The maximum Gasteiger partial charge on any atom is 0.270 e. The summed E-state index contributed by atoms with van der Waals surface area (Å²) in [5.41, 5.74) is 6.82. The van der Waals surface area contributed by atoms with Crippen LogP contribution in [-0.2, 0) is 0 Å². The number of rotatable bonds is 3. The van der Waals surface area contributed by atoms with Crippen LogP contribution in [0.5, 0.6) is 0 Å². The van der Waals surface area contributed by atoms with Crippen LogP contribution in [0.1, 0.15) is 23.3 Å². The lowest BCUT2D eigenvalue weighted by Gasteiger charge is -2.26. The molecular formula is C12H20N4O. The van der Waals surface area contributed by atoms with Crippen LogP contribution in [0.2, 0.25) is 0 Å². The third kappa shape index (κ3) is 2.61. The van der Waals surface area contributed by atoms with Gasteiger partial charge in [0.1, 0.15) is 5.69 Å². The Balaban J connectivity index is 2.08. The number of nitrogens with one attached hydrogen (secondary N) is 1. The number of likely N-dealkylation sites (tertiary alicyclic amines) is 1. The number of nitrogen functional groups attached to an aromatic ring is 1. The molecule has 1 unspecified atom stereocenters. The van der Waals surface area contributed by atoms with Crippen molar-refractivity contribution in [2.45, 2.75) is 18.9 Å². The summed E-state index contributed by atoms with van der Waals surface area (Å²) in [5.74, 6) is 0.0612. The molecule has 1 atom stereocenters. The van der Waals surface area contributed by atoms with Crippen LogP contribution in [0.25, 0.3) is 0 Å². The number of aromatic amines is 1. The second kappa shape index (κ2) is 4.79. The molecule has 1 aromatic heterocycles. The fourth-order valence-electron chi connectivity index (χ4n) is 2.40. The number of carbonyl (C=O) groups excluding carboxylic acids is 1. The minimum atomic E-state index is 0.0612. The van der Waals surface area contributed by atoms with Crippen molar-refractivity contribution in [3.05, 3.63) is 18.0 Å². The second-order valence-electron chi connectivity index (χ2n) is 4.90. The number of anilines is 1. The van der Waals surface area contributed by atoms with Crippen LogP contribution in [0.3, 0.4) is 0 Å². The van der Waals surface area contributed by atoms with E-state index in [1.54, 1.807) is 12.3 Å². The Hall–Kier alpha value is -1.49. The maximum absolute atomic E-state index is 12.3. The van der Waals surface area contributed by atoms with Crippen molar-refractivity contribution in [1.82, 2.24) is 14.8 Å². The number of hydrogen-bond acceptors (Lipinski definition) is 3. The number of amides is 1. The Bertz CT molecular complexity index is 399. The molecule has 0 aliphatic carbocycles. The standard InChI is InChI=1S/C12H20N4O/c1-15(2)8-10-4-3-5-16(10)12(17)11-6-9(13)7-14-11/h6-7,10,14H,3-5,8,13H2,1-2H3. The van der Waals surface area contributed by atoms with E-state index in [-0.39, 0.29) is 5.91 Å². The Morgan fingerprint density at radius 1 is 1.65 bits per heavy atom. The maximum atomic E-state index is 12.3. The van der Waals surface area contributed by atoms with Crippen molar-refractivity contribution in [1.29, 1.82) is 0 Å². The van der Waals surface area contributed by atoms with E-state index >= 15 is 0 Å². The third-order valence-electron chi connectivity index (χ3n) is 3.15. The van der Waals surface area contributed by atoms with Gasteiger partial charge in [0.15, 0.2) is 0 Å². The van der Waals surface area contributed by atoms with E-state index in [1.165, 1.54) is 0 Å². The molecule has 1 fully saturated rings. The first kappa shape index (κ1) is 12.0. The molecular weight excluding hydrogens is 216 g/mol. The number of hydrogen-bond donors (Lipinski definition) is 2. The van der Waals surface area contributed by atoms with Crippen LogP contribution < -0.4 is 5.73 Å². The zero-order valence-corrected chi connectivity index (χ0v) is 10.4. The minimum absolute atomic E-state index is 0.0612. The monoisotopic (exact) mass is 236 g/mol. The summed E-state index contributed by atoms with van der Waals surface area (Å²) in [4.78, 5) is 19.3. The second-order valence-corrected chi connectivity index (χ2v) is 4.90. The van der Waals surface area contributed by atoms with Gasteiger partial charge in [-0.25, -0.2) is 0 Å². The average Bonchev–Trinajstić information content (AvgIpc) is 2.85. The Labute approximate surface area is 102 Å². The van der Waals surface area contributed by atoms with Gasteiger partial charge in [0.05, 0.1) is 0 Å². The molecule has 0 spiro atoms. The third-order valence-corrected chi connectivity index (χ3v) is 3.15. The van der Waals surface area contributed by atoms with Crippen molar-refractivity contribution in [2.24, 2.45) is 0 Å². The number of carbonyl (C=O) groups is 1. The molecule has 5 heteroatoms. The summed E-state index contributed by atoms with van der Waals surface area (Å²) in [7, 11) is 4.07. The summed E-state index contributed by atoms with van der Waals surface area (Å²) >= 11 is 0. The van der Waals surface area contributed by atoms with Gasteiger partial charge in [-0.05, 0) is 33.0 Å². The van der Waals surface area contributed by atoms with Crippen molar-refractivity contribution >= 4 is 11.6 Å². The fraction of sp³-hybridized carbons (Fsp3) is 0.583. The molecule has 2 rings (SSSR count). The molecule has 1 aliphatic rings. The van der Waals surface area contributed by atoms with E-state index in [1.807, 2.05) is 19.0 Å². The van der Waals surface area contributed by atoms with Gasteiger partial charge in [0.2, 0.25) is 0 Å². The topological polar surface area (TPSA) is 65.4 Å². The van der Waals surface area contributed by atoms with Crippen LogP contribution >= 0.6 is 0 Å². The zero-order chi connectivity index (χ0) is 12.4. The number of nitrogens with two attached hydrogens (primary N) is 1. The summed E-state index contributed by atoms with van der Waals surface area (Å²) in [6.07, 6.45) is 3.82. The lowest BCUT2D eigenvalue weighted by atomic mass is 10.2. The van der Waals surface area contributed by atoms with E-state index in [9.17, 15) is 4.79 Å². The van der Waals surface area contributed by atoms with Crippen LogP contribution in [0.4, 0.5) is 5.69 Å². The number of H-pyrrole nitrogens is 1. The van der Waals surface area contributed by atoms with E-state index in [0.717, 1.165) is 25.9 Å². The van der Waals surface area contributed by atoms with E-state index in [2.05, 4.69) is 9.88 Å². The van der Waals surface area contributed by atoms with Gasteiger partial charge < -0.3 is 20.5 Å². The van der Waals surface area contributed by atoms with Gasteiger partial charge in [0.25, 0.3) is 5.91 Å². The normalized spacial score (nSPS) is 20.2. The molecule has 0 aromatic carbocycles. The van der Waals surface area contributed by atoms with Gasteiger partial charge in [0, 0.05) is 31.0 Å². The minimum Gasteiger partial charge on any atom is -0.397 e. The molecule has 1 saturated heterocycles. The summed E-state index contributed by atoms with van der Waals surface area (Å²) in [6.45, 7) is 1.76. The number of likely N-dealkylation sites (N-methyl/N-ethyl adjacent to an activating group) is 1. The highest BCUT2D eigenvalue weighted by Gasteiger charge is 2.30. The first-order valence-electron chi connectivity index (χ1n) is 5.97. The molecule has 2 heterocycles. The Morgan fingerprint density at radius 2 is 2.41 bits per heavy atom. The van der Waals surface area contributed by atoms with Gasteiger partial charge in [-0.15, -0.1) is 0 Å². The molecule has 0 bridgehead atoms. The first-order valence-corrected chi connectivity index (χ1v) is 5.97. The molecule has 0 saturated carbocycles. The largest absolute Gasteiger partial charge is 0.397 e. The van der Waals surface area contributed by atoms with Crippen LogP contribution in [-0.4, -0.2) is 53.9 Å². The van der Waals surface area contributed by atoms with Crippen molar-refractivity contribution in [3.63, 3.8) is 0 Å². The molecule has 17 heavy (non-hydrogen) atoms. The van der Waals surface area contributed by atoms with Crippen molar-refractivity contribution < 1.29 is 4.79 Å². The van der Waals surface area contributed by atoms with E-state index in [0.29, 0.717) is 17.4 Å². The molecule has 5 nitrogen and oxygen atoms in total. The molecule has 1 aromatic rings. The highest BCUT2D eigenvalue weighted by molar-refractivity contribution is 5.93. The lowest BCUT2D eigenvalue weighted by Crippen LogP contribution is -2.41. The highest BCUT2D eigenvalue weighted by atomic mass is 16.2. The van der Waals surface area contributed by atoms with Gasteiger partial charge in [-0.2, -0.15) is 0 Å². The van der Waals surface area contributed by atoms with E-state index < -0.39 is 0 Å². The highest BCUT2D eigenvalue weighted by Crippen LogP contribution is 2.20. The molecule has 94 valence electrons. The van der Waals surface area contributed by atoms with Gasteiger partial charge in [-0.1, -0.05) is 0 Å². The lowest BCUT2D eigenvalue weighted by molar-refractivity contribution is 0.0711. The first-order chi connectivity index (χ1) is 8.08. The SMILES string of the molecule is CN(C)CC1CCCN1C(=O)c1cc(N)c[nH]1. The summed E-state index contributed by atoms with van der Waals surface area (Å²) < 4.78 is 0.